The standard InChI is InChI=1S/C24H27N3OS2/c1-17-10-11-20(14-18(17)2)21-15-22(19-8-4-3-5-9-19)27(25-21)23(28)16-30-24(29)26-12-6-7-13-26/h3-5,8-11,14,22H,6-7,12-13,15-16H2,1-2H3/t22-/m1/s1. The molecule has 2 aromatic rings. The highest BCUT2D eigenvalue weighted by atomic mass is 32.2. The van der Waals surface area contributed by atoms with Crippen LogP contribution in [0.5, 0.6) is 0 Å². The molecule has 0 spiro atoms. The molecule has 2 heterocycles. The normalized spacial score (nSPS) is 18.6. The maximum Gasteiger partial charge on any atom is 0.253 e. The summed E-state index contributed by atoms with van der Waals surface area (Å²) in [6.45, 7) is 6.23. The lowest BCUT2D eigenvalue weighted by atomic mass is 9.96. The summed E-state index contributed by atoms with van der Waals surface area (Å²) in [7, 11) is 0. The van der Waals surface area contributed by atoms with Gasteiger partial charge in [0.1, 0.15) is 4.32 Å². The van der Waals surface area contributed by atoms with Crippen molar-refractivity contribution in [3.05, 3.63) is 70.8 Å². The van der Waals surface area contributed by atoms with Gasteiger partial charge >= 0.3 is 0 Å². The molecule has 156 valence electrons. The predicted octanol–water partition coefficient (Wildman–Crippen LogP) is 5.10. The number of aryl methyl sites for hydroxylation is 2. The molecule has 2 aromatic carbocycles. The van der Waals surface area contributed by atoms with Crippen LogP contribution in [0.2, 0.25) is 0 Å². The van der Waals surface area contributed by atoms with Crippen LogP contribution in [0.15, 0.2) is 53.6 Å². The molecule has 0 radical (unpaired) electrons. The summed E-state index contributed by atoms with van der Waals surface area (Å²) < 4.78 is 0.828. The van der Waals surface area contributed by atoms with Gasteiger partial charge in [0.25, 0.3) is 5.91 Å². The van der Waals surface area contributed by atoms with Crippen LogP contribution in [0.3, 0.4) is 0 Å². The maximum atomic E-state index is 13.2. The molecule has 0 N–H and O–H groups in total. The minimum atomic E-state index is -0.0729. The number of hydrogen-bond donors (Lipinski definition) is 0. The summed E-state index contributed by atoms with van der Waals surface area (Å²) in [4.78, 5) is 15.4. The van der Waals surface area contributed by atoms with Crippen molar-refractivity contribution in [2.45, 2.75) is 39.2 Å². The van der Waals surface area contributed by atoms with E-state index in [4.69, 9.17) is 17.3 Å². The van der Waals surface area contributed by atoms with Crippen molar-refractivity contribution in [2.75, 3.05) is 18.8 Å². The molecule has 1 amide bonds. The van der Waals surface area contributed by atoms with E-state index in [2.05, 4.69) is 49.1 Å². The molecular weight excluding hydrogens is 410 g/mol. The van der Waals surface area contributed by atoms with Crippen molar-refractivity contribution in [1.82, 2.24) is 9.91 Å². The molecule has 0 bridgehead atoms. The molecule has 0 unspecified atom stereocenters. The lowest BCUT2D eigenvalue weighted by Gasteiger charge is -2.23. The van der Waals surface area contributed by atoms with Gasteiger partial charge in [-0.3, -0.25) is 4.79 Å². The van der Waals surface area contributed by atoms with Crippen molar-refractivity contribution in [3.63, 3.8) is 0 Å². The van der Waals surface area contributed by atoms with Crippen LogP contribution >= 0.6 is 24.0 Å². The summed E-state index contributed by atoms with van der Waals surface area (Å²) >= 11 is 7.00. The highest BCUT2D eigenvalue weighted by Gasteiger charge is 2.33. The van der Waals surface area contributed by atoms with Gasteiger partial charge in [-0.1, -0.05) is 66.4 Å². The molecule has 0 saturated carbocycles. The summed E-state index contributed by atoms with van der Waals surface area (Å²) in [5.74, 6) is 0.330. The molecular formula is C24H27N3OS2. The Kier molecular flexibility index (Phi) is 6.54. The number of hydrogen-bond acceptors (Lipinski definition) is 4. The Bertz CT molecular complexity index is 968. The second kappa shape index (κ2) is 9.31. The van der Waals surface area contributed by atoms with E-state index in [0.29, 0.717) is 5.75 Å². The molecule has 6 heteroatoms. The van der Waals surface area contributed by atoms with Crippen LogP contribution in [-0.2, 0) is 4.79 Å². The number of nitrogens with zero attached hydrogens (tertiary/aromatic N) is 3. The fourth-order valence-corrected chi connectivity index (χ4v) is 5.05. The molecule has 0 aliphatic carbocycles. The van der Waals surface area contributed by atoms with Crippen molar-refractivity contribution < 1.29 is 4.79 Å². The lowest BCUT2D eigenvalue weighted by Crippen LogP contribution is -2.30. The van der Waals surface area contributed by atoms with Gasteiger partial charge in [-0.25, -0.2) is 5.01 Å². The number of carbonyl (C=O) groups is 1. The van der Waals surface area contributed by atoms with Gasteiger partial charge in [-0.05, 0) is 55.0 Å². The second-order valence-corrected chi connectivity index (χ2v) is 9.57. The van der Waals surface area contributed by atoms with E-state index in [9.17, 15) is 4.79 Å². The number of rotatable bonds is 4. The van der Waals surface area contributed by atoms with E-state index in [1.165, 1.54) is 35.7 Å². The monoisotopic (exact) mass is 437 g/mol. The predicted molar refractivity (Wildman–Crippen MR) is 129 cm³/mol. The summed E-state index contributed by atoms with van der Waals surface area (Å²) in [6, 6.07) is 16.5. The van der Waals surface area contributed by atoms with Crippen LogP contribution in [0.1, 0.15) is 47.6 Å². The Labute approximate surface area is 188 Å². The van der Waals surface area contributed by atoms with Gasteiger partial charge in [0.2, 0.25) is 0 Å². The number of hydrazone groups is 1. The van der Waals surface area contributed by atoms with E-state index in [1.807, 2.05) is 18.2 Å². The first-order chi connectivity index (χ1) is 14.5. The molecule has 30 heavy (non-hydrogen) atoms. The number of carbonyl (C=O) groups excluding carboxylic acids is 1. The van der Waals surface area contributed by atoms with Crippen LogP contribution in [0.25, 0.3) is 0 Å². The number of likely N-dealkylation sites (tertiary alicyclic amines) is 1. The van der Waals surface area contributed by atoms with Crippen LogP contribution in [-0.4, -0.2) is 44.7 Å². The Morgan fingerprint density at radius 2 is 1.83 bits per heavy atom. The molecule has 0 aromatic heterocycles. The van der Waals surface area contributed by atoms with Gasteiger partial charge in [0.15, 0.2) is 0 Å². The summed E-state index contributed by atoms with van der Waals surface area (Å²) in [5, 5.41) is 6.47. The quantitative estimate of drug-likeness (QED) is 0.624. The zero-order valence-corrected chi connectivity index (χ0v) is 19.1. The van der Waals surface area contributed by atoms with Crippen molar-refractivity contribution >= 4 is 39.9 Å². The first-order valence-corrected chi connectivity index (χ1v) is 11.9. The third-order valence-corrected chi connectivity index (χ3v) is 7.38. The molecule has 2 aliphatic heterocycles. The number of amides is 1. The number of thiocarbonyl (C=S) groups is 1. The summed E-state index contributed by atoms with van der Waals surface area (Å²) in [5.41, 5.74) is 5.67. The zero-order chi connectivity index (χ0) is 21.1. The van der Waals surface area contributed by atoms with Crippen molar-refractivity contribution in [3.8, 4) is 0 Å². The van der Waals surface area contributed by atoms with E-state index < -0.39 is 0 Å². The van der Waals surface area contributed by atoms with Gasteiger partial charge in [-0.2, -0.15) is 5.10 Å². The van der Waals surface area contributed by atoms with Crippen LogP contribution < -0.4 is 0 Å². The van der Waals surface area contributed by atoms with Gasteiger partial charge in [0.05, 0.1) is 17.5 Å². The fourth-order valence-electron chi connectivity index (χ4n) is 3.95. The van der Waals surface area contributed by atoms with Crippen LogP contribution in [0.4, 0.5) is 0 Å². The smallest absolute Gasteiger partial charge is 0.253 e. The van der Waals surface area contributed by atoms with Crippen molar-refractivity contribution in [2.24, 2.45) is 5.10 Å². The highest BCUT2D eigenvalue weighted by molar-refractivity contribution is 8.23. The lowest BCUT2D eigenvalue weighted by molar-refractivity contribution is -0.130. The van der Waals surface area contributed by atoms with E-state index in [1.54, 1.807) is 5.01 Å². The minimum Gasteiger partial charge on any atom is -0.358 e. The second-order valence-electron chi connectivity index (χ2n) is 7.96. The van der Waals surface area contributed by atoms with E-state index in [0.717, 1.165) is 40.7 Å². The average Bonchev–Trinajstić information content (AvgIpc) is 3.45. The topological polar surface area (TPSA) is 35.9 Å². The Morgan fingerprint density at radius 1 is 1.10 bits per heavy atom. The Hall–Kier alpha value is -2.18. The average molecular weight is 438 g/mol. The van der Waals surface area contributed by atoms with Gasteiger partial charge < -0.3 is 4.90 Å². The third kappa shape index (κ3) is 4.60. The zero-order valence-electron chi connectivity index (χ0n) is 17.5. The third-order valence-electron chi connectivity index (χ3n) is 5.87. The fraction of sp³-hybridized carbons (Fsp3) is 0.375. The van der Waals surface area contributed by atoms with Gasteiger partial charge in [0, 0.05) is 19.5 Å². The minimum absolute atomic E-state index is 0.00855. The Morgan fingerprint density at radius 3 is 2.53 bits per heavy atom. The number of benzene rings is 2. The van der Waals surface area contributed by atoms with Crippen LogP contribution in [0, 0.1) is 13.8 Å². The molecule has 1 saturated heterocycles. The summed E-state index contributed by atoms with van der Waals surface area (Å²) in [6.07, 6.45) is 3.08. The molecule has 2 aliphatic rings. The van der Waals surface area contributed by atoms with E-state index in [-0.39, 0.29) is 11.9 Å². The maximum absolute atomic E-state index is 13.2. The molecule has 1 fully saturated rings. The Balaban J connectivity index is 1.54. The largest absolute Gasteiger partial charge is 0.358 e. The molecule has 1 atom stereocenters. The van der Waals surface area contributed by atoms with Crippen molar-refractivity contribution in [1.29, 1.82) is 0 Å². The first kappa shape index (κ1) is 21.1. The number of thioether (sulfide) groups is 1. The molecule has 4 nitrogen and oxygen atoms in total. The van der Waals surface area contributed by atoms with E-state index >= 15 is 0 Å². The molecule has 4 rings (SSSR count). The SMILES string of the molecule is Cc1ccc(C2=NN(C(=O)CSC(=S)N3CCCC3)[C@@H](c3ccccc3)C2)cc1C. The highest BCUT2D eigenvalue weighted by Crippen LogP contribution is 2.33. The first-order valence-electron chi connectivity index (χ1n) is 10.5. The van der Waals surface area contributed by atoms with Gasteiger partial charge in [-0.15, -0.1) is 0 Å².